The van der Waals surface area contributed by atoms with Crippen LogP contribution in [-0.4, -0.2) is 30.5 Å². The molecule has 26 heavy (non-hydrogen) atoms. The summed E-state index contributed by atoms with van der Waals surface area (Å²) in [6.45, 7) is 9.29. The number of unbranched alkanes of at least 4 members (excludes halogenated alkanes) is 2. The molecule has 2 rings (SSSR count). The first-order valence-corrected chi connectivity index (χ1v) is 9.54. The number of aromatic nitrogens is 1. The minimum atomic E-state index is -0.148. The molecule has 2 N–H and O–H groups in total. The van der Waals surface area contributed by atoms with Gasteiger partial charge in [-0.3, -0.25) is 4.79 Å². The third kappa shape index (κ3) is 5.76. The monoisotopic (exact) mass is 354 g/mol. The van der Waals surface area contributed by atoms with Crippen LogP contribution < -0.4 is 15.5 Å². The molecule has 2 aromatic rings. The molecule has 1 aromatic carbocycles. The number of hydrogen-bond acceptors (Lipinski definition) is 4. The van der Waals surface area contributed by atoms with Crippen LogP contribution in [0, 0.1) is 0 Å². The van der Waals surface area contributed by atoms with E-state index in [0.717, 1.165) is 43.2 Å². The van der Waals surface area contributed by atoms with Crippen LogP contribution in [-0.2, 0) is 0 Å². The van der Waals surface area contributed by atoms with Crippen LogP contribution >= 0.6 is 0 Å². The van der Waals surface area contributed by atoms with E-state index in [9.17, 15) is 4.79 Å². The molecule has 0 saturated heterocycles. The van der Waals surface area contributed by atoms with Crippen molar-refractivity contribution in [1.29, 1.82) is 0 Å². The molecule has 0 aliphatic rings. The summed E-state index contributed by atoms with van der Waals surface area (Å²) in [7, 11) is 0. The SMILES string of the molecule is CCCCCNc1ccc(C(=O)Nc2ccc(N(CC)CC)cc2)cn1. The summed E-state index contributed by atoms with van der Waals surface area (Å²) in [5, 5.41) is 6.20. The molecule has 5 heteroatoms. The first-order chi connectivity index (χ1) is 12.7. The van der Waals surface area contributed by atoms with Gasteiger partial charge in [0.2, 0.25) is 0 Å². The molecule has 0 saturated carbocycles. The molecule has 0 fully saturated rings. The van der Waals surface area contributed by atoms with Gasteiger partial charge < -0.3 is 15.5 Å². The number of carbonyl (C=O) groups excluding carboxylic acids is 1. The van der Waals surface area contributed by atoms with Gasteiger partial charge in [-0.1, -0.05) is 19.8 Å². The number of amides is 1. The highest BCUT2D eigenvalue weighted by Gasteiger charge is 2.08. The Morgan fingerprint density at radius 3 is 2.31 bits per heavy atom. The van der Waals surface area contributed by atoms with Crippen LogP contribution in [0.1, 0.15) is 50.4 Å². The van der Waals surface area contributed by atoms with Crippen LogP contribution in [0.15, 0.2) is 42.6 Å². The summed E-state index contributed by atoms with van der Waals surface area (Å²) in [5.41, 5.74) is 2.50. The molecule has 0 spiro atoms. The van der Waals surface area contributed by atoms with Gasteiger partial charge in [-0.05, 0) is 56.7 Å². The van der Waals surface area contributed by atoms with E-state index >= 15 is 0 Å². The third-order valence-electron chi connectivity index (χ3n) is 4.37. The molecule has 5 nitrogen and oxygen atoms in total. The van der Waals surface area contributed by atoms with Gasteiger partial charge in [-0.25, -0.2) is 4.98 Å². The summed E-state index contributed by atoms with van der Waals surface area (Å²) in [6.07, 6.45) is 5.15. The van der Waals surface area contributed by atoms with E-state index in [2.05, 4.69) is 41.3 Å². The maximum Gasteiger partial charge on any atom is 0.257 e. The fraction of sp³-hybridized carbons (Fsp3) is 0.429. The molecule has 1 aromatic heterocycles. The number of anilines is 3. The number of hydrogen-bond donors (Lipinski definition) is 2. The van der Waals surface area contributed by atoms with Crippen molar-refractivity contribution in [3.05, 3.63) is 48.2 Å². The van der Waals surface area contributed by atoms with E-state index in [0.29, 0.717) is 5.56 Å². The standard InChI is InChI=1S/C21H30N4O/c1-4-7-8-15-22-20-14-9-17(16-23-20)21(26)24-18-10-12-19(13-11-18)25(5-2)6-3/h9-14,16H,4-8,15H2,1-3H3,(H,22,23)(H,24,26). The van der Waals surface area contributed by atoms with Gasteiger partial charge in [0.15, 0.2) is 0 Å². The second kappa shape index (κ2) is 10.4. The maximum atomic E-state index is 12.4. The predicted molar refractivity (Wildman–Crippen MR) is 110 cm³/mol. The summed E-state index contributed by atoms with van der Waals surface area (Å²) >= 11 is 0. The van der Waals surface area contributed by atoms with E-state index in [1.165, 1.54) is 12.8 Å². The highest BCUT2D eigenvalue weighted by Crippen LogP contribution is 2.18. The van der Waals surface area contributed by atoms with Crippen LogP contribution in [0.3, 0.4) is 0 Å². The van der Waals surface area contributed by atoms with E-state index in [4.69, 9.17) is 0 Å². The van der Waals surface area contributed by atoms with Crippen LogP contribution in [0.4, 0.5) is 17.2 Å². The minimum absolute atomic E-state index is 0.148. The number of nitrogens with one attached hydrogen (secondary N) is 2. The topological polar surface area (TPSA) is 57.3 Å². The van der Waals surface area contributed by atoms with Crippen molar-refractivity contribution in [1.82, 2.24) is 4.98 Å². The average molecular weight is 354 g/mol. The molecule has 0 atom stereocenters. The maximum absolute atomic E-state index is 12.4. The molecule has 0 aliphatic heterocycles. The summed E-state index contributed by atoms with van der Waals surface area (Å²) < 4.78 is 0. The zero-order chi connectivity index (χ0) is 18.8. The molecule has 1 amide bonds. The lowest BCUT2D eigenvalue weighted by atomic mass is 10.2. The molecule has 1 heterocycles. The van der Waals surface area contributed by atoms with Crippen molar-refractivity contribution in [2.75, 3.05) is 35.2 Å². The Kier molecular flexibility index (Phi) is 7.93. The van der Waals surface area contributed by atoms with E-state index in [1.54, 1.807) is 12.3 Å². The van der Waals surface area contributed by atoms with Crippen LogP contribution in [0.5, 0.6) is 0 Å². The van der Waals surface area contributed by atoms with Gasteiger partial charge in [0.25, 0.3) is 5.91 Å². The van der Waals surface area contributed by atoms with Crippen molar-refractivity contribution in [2.24, 2.45) is 0 Å². The largest absolute Gasteiger partial charge is 0.372 e. The lowest BCUT2D eigenvalue weighted by Crippen LogP contribution is -2.21. The Morgan fingerprint density at radius 1 is 1.00 bits per heavy atom. The van der Waals surface area contributed by atoms with E-state index in [-0.39, 0.29) is 5.91 Å². The van der Waals surface area contributed by atoms with Gasteiger partial charge in [-0.2, -0.15) is 0 Å². The van der Waals surface area contributed by atoms with E-state index in [1.807, 2.05) is 30.3 Å². The minimum Gasteiger partial charge on any atom is -0.372 e. The number of pyridine rings is 1. The number of carbonyl (C=O) groups is 1. The molecular weight excluding hydrogens is 324 g/mol. The number of rotatable bonds is 10. The Morgan fingerprint density at radius 2 is 1.73 bits per heavy atom. The highest BCUT2D eigenvalue weighted by molar-refractivity contribution is 6.04. The van der Waals surface area contributed by atoms with Crippen LogP contribution in [0.25, 0.3) is 0 Å². The number of benzene rings is 1. The molecule has 140 valence electrons. The zero-order valence-corrected chi connectivity index (χ0v) is 16.1. The fourth-order valence-electron chi connectivity index (χ4n) is 2.77. The van der Waals surface area contributed by atoms with E-state index < -0.39 is 0 Å². The predicted octanol–water partition coefficient (Wildman–Crippen LogP) is 4.78. The molecule has 0 bridgehead atoms. The lowest BCUT2D eigenvalue weighted by molar-refractivity contribution is 0.102. The van der Waals surface area contributed by atoms with Crippen molar-refractivity contribution >= 4 is 23.1 Å². The van der Waals surface area contributed by atoms with Crippen LogP contribution in [0.2, 0.25) is 0 Å². The first kappa shape index (κ1) is 19.8. The fourth-order valence-corrected chi connectivity index (χ4v) is 2.77. The van der Waals surface area contributed by atoms with Crippen molar-refractivity contribution in [3.63, 3.8) is 0 Å². The Hall–Kier alpha value is -2.56. The van der Waals surface area contributed by atoms with Gasteiger partial charge >= 0.3 is 0 Å². The second-order valence-electron chi connectivity index (χ2n) is 6.24. The number of nitrogens with zero attached hydrogens (tertiary/aromatic N) is 2. The Labute approximate surface area is 156 Å². The third-order valence-corrected chi connectivity index (χ3v) is 4.37. The smallest absolute Gasteiger partial charge is 0.257 e. The van der Waals surface area contributed by atoms with Gasteiger partial charge in [-0.15, -0.1) is 0 Å². The Balaban J connectivity index is 1.90. The highest BCUT2D eigenvalue weighted by atomic mass is 16.1. The van der Waals surface area contributed by atoms with Gasteiger partial charge in [0.1, 0.15) is 5.82 Å². The van der Waals surface area contributed by atoms with Crippen molar-refractivity contribution < 1.29 is 4.79 Å². The zero-order valence-electron chi connectivity index (χ0n) is 16.1. The van der Waals surface area contributed by atoms with Crippen molar-refractivity contribution in [3.8, 4) is 0 Å². The molecular formula is C21H30N4O. The quantitative estimate of drug-likeness (QED) is 0.603. The lowest BCUT2D eigenvalue weighted by Gasteiger charge is -2.21. The summed E-state index contributed by atoms with van der Waals surface area (Å²) in [5.74, 6) is 0.659. The van der Waals surface area contributed by atoms with Gasteiger partial charge in [0, 0.05) is 37.2 Å². The Bertz CT molecular complexity index is 663. The first-order valence-electron chi connectivity index (χ1n) is 9.54. The summed E-state index contributed by atoms with van der Waals surface area (Å²) in [6, 6.07) is 11.6. The van der Waals surface area contributed by atoms with Gasteiger partial charge in [0.05, 0.1) is 5.56 Å². The molecule has 0 unspecified atom stereocenters. The van der Waals surface area contributed by atoms with Crippen molar-refractivity contribution in [2.45, 2.75) is 40.0 Å². The normalized spacial score (nSPS) is 10.4. The average Bonchev–Trinajstić information content (AvgIpc) is 2.68. The molecule has 0 radical (unpaired) electrons. The second-order valence-corrected chi connectivity index (χ2v) is 6.24. The summed E-state index contributed by atoms with van der Waals surface area (Å²) in [4.78, 5) is 19.0. The molecule has 0 aliphatic carbocycles.